The van der Waals surface area contributed by atoms with Crippen molar-refractivity contribution in [3.8, 4) is 5.88 Å². The average Bonchev–Trinajstić information content (AvgIpc) is 2.62. The Hall–Kier alpha value is -2.89. The van der Waals surface area contributed by atoms with Crippen molar-refractivity contribution in [3.05, 3.63) is 59.8 Å². The number of ether oxygens (including phenoxy) is 2. The number of methoxy groups -OCH3 is 1. The molecule has 0 spiro atoms. The Balaban J connectivity index is 1.78. The fourth-order valence-corrected chi connectivity index (χ4v) is 2.02. The number of pyridine rings is 1. The number of amides is 1. The van der Waals surface area contributed by atoms with Crippen LogP contribution in [0.3, 0.4) is 0 Å². The van der Waals surface area contributed by atoms with Gasteiger partial charge in [-0.15, -0.1) is 0 Å². The minimum atomic E-state index is -0.879. The van der Waals surface area contributed by atoms with E-state index in [-0.39, 0.29) is 11.5 Å². The molecule has 0 radical (unpaired) electrons. The zero-order valence-electron chi connectivity index (χ0n) is 13.7. The highest BCUT2D eigenvalue weighted by atomic mass is 16.5. The van der Waals surface area contributed by atoms with Gasteiger partial charge in [-0.3, -0.25) is 4.79 Å². The molecule has 6 heteroatoms. The summed E-state index contributed by atoms with van der Waals surface area (Å²) in [6, 6.07) is 12.9. The molecule has 1 heterocycles. The highest BCUT2D eigenvalue weighted by molar-refractivity contribution is 5.91. The lowest BCUT2D eigenvalue weighted by Gasteiger charge is -2.13. The van der Waals surface area contributed by atoms with Crippen LogP contribution >= 0.6 is 0 Å². The fraction of sp³-hybridized carbons (Fsp3) is 0.278. The maximum absolute atomic E-state index is 12.0. The molecule has 0 bridgehead atoms. The molecule has 2 rings (SSSR count). The maximum atomic E-state index is 12.0. The van der Waals surface area contributed by atoms with Gasteiger partial charge in [-0.25, -0.2) is 9.78 Å². The van der Waals surface area contributed by atoms with E-state index in [9.17, 15) is 9.59 Å². The second-order valence-electron chi connectivity index (χ2n) is 5.16. The van der Waals surface area contributed by atoms with Crippen LogP contribution in [0.25, 0.3) is 0 Å². The highest BCUT2D eigenvalue weighted by Gasteiger charge is 2.18. The van der Waals surface area contributed by atoms with Gasteiger partial charge in [0.1, 0.15) is 0 Å². The molecular formula is C18H20N2O4. The first kappa shape index (κ1) is 17.5. The van der Waals surface area contributed by atoms with Crippen LogP contribution in [0, 0.1) is 0 Å². The van der Waals surface area contributed by atoms with Crippen LogP contribution < -0.4 is 10.1 Å². The second kappa shape index (κ2) is 8.67. The molecular weight excluding hydrogens is 308 g/mol. The van der Waals surface area contributed by atoms with Crippen molar-refractivity contribution in [2.45, 2.75) is 19.4 Å². The van der Waals surface area contributed by atoms with Crippen molar-refractivity contribution in [1.82, 2.24) is 10.3 Å². The van der Waals surface area contributed by atoms with E-state index in [1.165, 1.54) is 26.3 Å². The summed E-state index contributed by atoms with van der Waals surface area (Å²) in [4.78, 5) is 27.9. The minimum Gasteiger partial charge on any atom is -0.481 e. The Morgan fingerprint density at radius 2 is 1.92 bits per heavy atom. The molecule has 1 amide bonds. The van der Waals surface area contributed by atoms with Gasteiger partial charge in [0.25, 0.3) is 5.91 Å². The van der Waals surface area contributed by atoms with Gasteiger partial charge < -0.3 is 14.8 Å². The van der Waals surface area contributed by atoms with E-state index < -0.39 is 12.1 Å². The third-order valence-corrected chi connectivity index (χ3v) is 3.39. The Labute approximate surface area is 140 Å². The first-order valence-corrected chi connectivity index (χ1v) is 7.63. The van der Waals surface area contributed by atoms with Crippen LogP contribution in [-0.4, -0.2) is 36.6 Å². The van der Waals surface area contributed by atoms with Gasteiger partial charge in [-0.05, 0) is 25.0 Å². The zero-order chi connectivity index (χ0) is 17.4. The molecule has 0 aliphatic rings. The van der Waals surface area contributed by atoms with Gasteiger partial charge in [0.2, 0.25) is 5.88 Å². The predicted molar refractivity (Wildman–Crippen MR) is 88.8 cm³/mol. The van der Waals surface area contributed by atoms with E-state index in [2.05, 4.69) is 10.3 Å². The number of esters is 1. The molecule has 0 fully saturated rings. The van der Waals surface area contributed by atoms with Crippen molar-refractivity contribution in [2.24, 2.45) is 0 Å². The summed E-state index contributed by atoms with van der Waals surface area (Å²) >= 11 is 0. The Kier molecular flexibility index (Phi) is 6.31. The van der Waals surface area contributed by atoms with E-state index in [0.29, 0.717) is 12.4 Å². The third kappa shape index (κ3) is 5.08. The predicted octanol–water partition coefficient (Wildman–Crippen LogP) is 1.99. The quantitative estimate of drug-likeness (QED) is 0.787. The van der Waals surface area contributed by atoms with E-state index in [1.807, 2.05) is 30.3 Å². The number of hydrogen-bond acceptors (Lipinski definition) is 5. The van der Waals surface area contributed by atoms with Gasteiger partial charge in [-0.1, -0.05) is 30.3 Å². The number of benzene rings is 1. The smallest absolute Gasteiger partial charge is 0.340 e. The molecule has 1 aromatic heterocycles. The van der Waals surface area contributed by atoms with E-state index in [4.69, 9.17) is 9.47 Å². The molecule has 1 aromatic carbocycles. The lowest BCUT2D eigenvalue weighted by atomic mass is 10.1. The molecule has 1 unspecified atom stereocenters. The Morgan fingerprint density at radius 1 is 1.17 bits per heavy atom. The first-order chi connectivity index (χ1) is 11.6. The van der Waals surface area contributed by atoms with Crippen LogP contribution in [0.4, 0.5) is 0 Å². The molecule has 0 saturated heterocycles. The lowest BCUT2D eigenvalue weighted by molar-refractivity contribution is -0.129. The molecule has 0 aliphatic carbocycles. The molecule has 2 aromatic rings. The largest absolute Gasteiger partial charge is 0.481 e. The SMILES string of the molecule is COc1ccc(C(=O)OC(C)C(=O)NCCc2ccccc2)cn1. The molecule has 1 atom stereocenters. The van der Waals surface area contributed by atoms with Crippen LogP contribution in [0.2, 0.25) is 0 Å². The second-order valence-corrected chi connectivity index (χ2v) is 5.16. The van der Waals surface area contributed by atoms with Gasteiger partial charge in [0, 0.05) is 18.8 Å². The van der Waals surface area contributed by atoms with Gasteiger partial charge in [-0.2, -0.15) is 0 Å². The van der Waals surface area contributed by atoms with Crippen LogP contribution in [0.5, 0.6) is 5.88 Å². The maximum Gasteiger partial charge on any atom is 0.340 e. The number of aromatic nitrogens is 1. The van der Waals surface area contributed by atoms with E-state index in [0.717, 1.165) is 12.0 Å². The van der Waals surface area contributed by atoms with Crippen LogP contribution in [-0.2, 0) is 16.0 Å². The molecule has 6 nitrogen and oxygen atoms in total. The lowest BCUT2D eigenvalue weighted by Crippen LogP contribution is -2.36. The third-order valence-electron chi connectivity index (χ3n) is 3.39. The molecule has 1 N–H and O–H groups in total. The summed E-state index contributed by atoms with van der Waals surface area (Å²) in [6.07, 6.45) is 1.19. The number of rotatable bonds is 7. The molecule has 0 saturated carbocycles. The normalized spacial score (nSPS) is 11.4. The summed E-state index contributed by atoms with van der Waals surface area (Å²) in [7, 11) is 1.49. The van der Waals surface area contributed by atoms with Crippen molar-refractivity contribution in [3.63, 3.8) is 0 Å². The number of carbonyl (C=O) groups is 2. The van der Waals surface area contributed by atoms with Crippen molar-refractivity contribution < 1.29 is 19.1 Å². The Morgan fingerprint density at radius 3 is 2.54 bits per heavy atom. The standard InChI is InChI=1S/C18H20N2O4/c1-13(17(21)19-11-10-14-6-4-3-5-7-14)24-18(22)15-8-9-16(23-2)20-12-15/h3-9,12-13H,10-11H2,1-2H3,(H,19,21). The molecule has 24 heavy (non-hydrogen) atoms. The first-order valence-electron chi connectivity index (χ1n) is 7.63. The Bertz CT molecular complexity index is 671. The van der Waals surface area contributed by atoms with Gasteiger partial charge >= 0.3 is 5.97 Å². The monoisotopic (exact) mass is 328 g/mol. The topological polar surface area (TPSA) is 77.5 Å². The summed E-state index contributed by atoms with van der Waals surface area (Å²) in [6.45, 7) is 2.02. The summed E-state index contributed by atoms with van der Waals surface area (Å²) in [5, 5.41) is 2.75. The van der Waals surface area contributed by atoms with Crippen LogP contribution in [0.1, 0.15) is 22.8 Å². The fourth-order valence-electron chi connectivity index (χ4n) is 2.02. The van der Waals surface area contributed by atoms with Crippen LogP contribution in [0.15, 0.2) is 48.7 Å². The summed E-state index contributed by atoms with van der Waals surface area (Å²) in [5.41, 5.74) is 1.39. The van der Waals surface area contributed by atoms with E-state index in [1.54, 1.807) is 6.07 Å². The number of hydrogen-bond donors (Lipinski definition) is 1. The molecule has 0 aliphatic heterocycles. The number of nitrogens with one attached hydrogen (secondary N) is 1. The zero-order valence-corrected chi connectivity index (χ0v) is 13.7. The summed E-state index contributed by atoms with van der Waals surface area (Å²) < 4.78 is 10.1. The molecule has 126 valence electrons. The highest BCUT2D eigenvalue weighted by Crippen LogP contribution is 2.09. The summed E-state index contributed by atoms with van der Waals surface area (Å²) in [5.74, 6) is -0.533. The number of carbonyl (C=O) groups excluding carboxylic acids is 2. The van der Waals surface area contributed by atoms with E-state index >= 15 is 0 Å². The minimum absolute atomic E-state index is 0.264. The van der Waals surface area contributed by atoms with Crippen molar-refractivity contribution in [2.75, 3.05) is 13.7 Å². The van der Waals surface area contributed by atoms with Crippen molar-refractivity contribution in [1.29, 1.82) is 0 Å². The van der Waals surface area contributed by atoms with Gasteiger partial charge in [0.15, 0.2) is 6.10 Å². The number of nitrogens with zero attached hydrogens (tertiary/aromatic N) is 1. The average molecular weight is 328 g/mol. The van der Waals surface area contributed by atoms with Crippen molar-refractivity contribution >= 4 is 11.9 Å². The van der Waals surface area contributed by atoms with Gasteiger partial charge in [0.05, 0.1) is 12.7 Å².